The van der Waals surface area contributed by atoms with Gasteiger partial charge < -0.3 is 9.16 Å². The van der Waals surface area contributed by atoms with Gasteiger partial charge in [0.25, 0.3) is 0 Å². The van der Waals surface area contributed by atoms with Gasteiger partial charge in [-0.1, -0.05) is 139 Å². The zero-order chi connectivity index (χ0) is 30.4. The molecule has 0 saturated carbocycles. The zero-order valence-corrected chi connectivity index (χ0v) is 28.7. The summed E-state index contributed by atoms with van der Waals surface area (Å²) in [5, 5.41) is 0.288. The lowest BCUT2D eigenvalue weighted by molar-refractivity contribution is 0.116. The van der Waals surface area contributed by atoms with Crippen LogP contribution in [0.2, 0.25) is 18.1 Å². The highest BCUT2D eigenvalue weighted by atomic mass is 28.4. The second-order valence-corrected chi connectivity index (χ2v) is 18.7. The Morgan fingerprint density at radius 1 is 0.690 bits per heavy atom. The molecule has 0 heterocycles. The standard InChI is InChI=1S/C39H58O2Si/c1-8-32(2)28-37(34-21-13-11-14-22-34)30-38(35-23-15-12-16-24-35)36-25-19-20-33(29-36)31-40-26-17-9-10-18-27-41-42(6,7)39(3,4)5/h11-16,19-25,29,32,37-38H,8-10,17-18,26-28,30-31H2,1-7H3. The summed E-state index contributed by atoms with van der Waals surface area (Å²) in [6, 6.07) is 31.4. The fourth-order valence-corrected chi connectivity index (χ4v) is 6.56. The molecule has 0 aliphatic heterocycles. The zero-order valence-electron chi connectivity index (χ0n) is 27.7. The van der Waals surface area contributed by atoms with Crippen LogP contribution >= 0.6 is 0 Å². The van der Waals surface area contributed by atoms with Crippen molar-refractivity contribution in [2.75, 3.05) is 13.2 Å². The Bertz CT molecular complexity index is 1140. The third-order valence-corrected chi connectivity index (χ3v) is 14.0. The number of hydrogen-bond donors (Lipinski definition) is 0. The first-order chi connectivity index (χ1) is 20.1. The van der Waals surface area contributed by atoms with Crippen LogP contribution in [0.3, 0.4) is 0 Å². The van der Waals surface area contributed by atoms with Crippen LogP contribution in [0.25, 0.3) is 0 Å². The Labute approximate surface area is 259 Å². The first-order valence-corrected chi connectivity index (χ1v) is 19.4. The summed E-state index contributed by atoms with van der Waals surface area (Å²) >= 11 is 0. The molecule has 3 aromatic rings. The summed E-state index contributed by atoms with van der Waals surface area (Å²) in [7, 11) is -1.62. The second-order valence-electron chi connectivity index (χ2n) is 13.9. The summed E-state index contributed by atoms with van der Waals surface area (Å²) in [5.41, 5.74) is 5.53. The van der Waals surface area contributed by atoms with Crippen LogP contribution in [-0.4, -0.2) is 21.5 Å². The molecule has 3 unspecified atom stereocenters. The number of ether oxygens (including phenoxy) is 1. The van der Waals surface area contributed by atoms with E-state index in [0.29, 0.717) is 24.4 Å². The lowest BCUT2D eigenvalue weighted by atomic mass is 9.77. The Kier molecular flexibility index (Phi) is 14.0. The van der Waals surface area contributed by atoms with E-state index in [1.165, 1.54) is 47.9 Å². The lowest BCUT2D eigenvalue weighted by Gasteiger charge is -2.36. The third-order valence-electron chi connectivity index (χ3n) is 9.45. The quantitative estimate of drug-likeness (QED) is 0.109. The number of unbranched alkanes of at least 4 members (excludes halogenated alkanes) is 3. The van der Waals surface area contributed by atoms with E-state index in [2.05, 4.69) is 133 Å². The number of benzene rings is 3. The maximum absolute atomic E-state index is 6.32. The van der Waals surface area contributed by atoms with E-state index in [4.69, 9.17) is 9.16 Å². The molecule has 0 radical (unpaired) electrons. The molecule has 0 amide bonds. The van der Waals surface area contributed by atoms with E-state index in [9.17, 15) is 0 Å². The predicted molar refractivity (Wildman–Crippen MR) is 184 cm³/mol. The largest absolute Gasteiger partial charge is 0.417 e. The molecular formula is C39H58O2Si. The van der Waals surface area contributed by atoms with Crippen molar-refractivity contribution < 1.29 is 9.16 Å². The molecule has 230 valence electrons. The Morgan fingerprint density at radius 2 is 1.29 bits per heavy atom. The fraction of sp³-hybridized carbons (Fsp3) is 0.538. The molecule has 2 nitrogen and oxygen atoms in total. The van der Waals surface area contributed by atoms with Gasteiger partial charge in [-0.3, -0.25) is 0 Å². The van der Waals surface area contributed by atoms with E-state index in [1.54, 1.807) is 0 Å². The summed E-state index contributed by atoms with van der Waals surface area (Å²) < 4.78 is 12.5. The molecule has 42 heavy (non-hydrogen) atoms. The molecule has 0 saturated heterocycles. The predicted octanol–water partition coefficient (Wildman–Crippen LogP) is 11.5. The van der Waals surface area contributed by atoms with Gasteiger partial charge in [0.2, 0.25) is 0 Å². The Balaban J connectivity index is 1.56. The van der Waals surface area contributed by atoms with E-state index in [0.717, 1.165) is 32.5 Å². The van der Waals surface area contributed by atoms with Crippen molar-refractivity contribution in [2.45, 2.75) is 116 Å². The number of hydrogen-bond acceptors (Lipinski definition) is 2. The minimum Gasteiger partial charge on any atom is -0.417 e. The number of rotatable bonds is 18. The monoisotopic (exact) mass is 586 g/mol. The van der Waals surface area contributed by atoms with Crippen molar-refractivity contribution in [1.29, 1.82) is 0 Å². The van der Waals surface area contributed by atoms with Crippen molar-refractivity contribution in [3.63, 3.8) is 0 Å². The van der Waals surface area contributed by atoms with E-state index in [1.807, 2.05) is 0 Å². The van der Waals surface area contributed by atoms with Crippen LogP contribution in [0.15, 0.2) is 84.9 Å². The molecule has 3 atom stereocenters. The molecule has 0 fully saturated rings. The second kappa shape index (κ2) is 17.2. The van der Waals surface area contributed by atoms with Crippen molar-refractivity contribution in [1.82, 2.24) is 0 Å². The van der Waals surface area contributed by atoms with Crippen LogP contribution < -0.4 is 0 Å². The lowest BCUT2D eigenvalue weighted by Crippen LogP contribution is -2.40. The van der Waals surface area contributed by atoms with Crippen LogP contribution in [-0.2, 0) is 15.8 Å². The van der Waals surface area contributed by atoms with E-state index < -0.39 is 8.32 Å². The first kappa shape index (κ1) is 34.3. The SMILES string of the molecule is CCC(C)CC(CC(c1ccccc1)c1cccc(COCCCCCCO[Si](C)(C)C(C)(C)C)c1)c1ccccc1. The Morgan fingerprint density at radius 3 is 1.90 bits per heavy atom. The summed E-state index contributed by atoms with van der Waals surface area (Å²) in [4.78, 5) is 0. The minimum atomic E-state index is -1.62. The van der Waals surface area contributed by atoms with Crippen molar-refractivity contribution in [3.05, 3.63) is 107 Å². The topological polar surface area (TPSA) is 18.5 Å². The van der Waals surface area contributed by atoms with Crippen molar-refractivity contribution in [2.24, 2.45) is 5.92 Å². The van der Waals surface area contributed by atoms with E-state index >= 15 is 0 Å². The molecule has 0 bridgehead atoms. The summed E-state index contributed by atoms with van der Waals surface area (Å²) in [6.45, 7) is 18.7. The van der Waals surface area contributed by atoms with E-state index in [-0.39, 0.29) is 5.04 Å². The smallest absolute Gasteiger partial charge is 0.191 e. The van der Waals surface area contributed by atoms with Gasteiger partial charge in [0.05, 0.1) is 6.61 Å². The fourth-order valence-electron chi connectivity index (χ4n) is 5.47. The first-order valence-electron chi connectivity index (χ1n) is 16.5. The van der Waals surface area contributed by atoms with Gasteiger partial charge >= 0.3 is 0 Å². The highest BCUT2D eigenvalue weighted by molar-refractivity contribution is 6.74. The average molecular weight is 587 g/mol. The van der Waals surface area contributed by atoms with Gasteiger partial charge in [-0.15, -0.1) is 0 Å². The third kappa shape index (κ3) is 11.1. The maximum Gasteiger partial charge on any atom is 0.191 e. The minimum absolute atomic E-state index is 0.288. The van der Waals surface area contributed by atoms with Gasteiger partial charge in [0.1, 0.15) is 0 Å². The highest BCUT2D eigenvalue weighted by Crippen LogP contribution is 2.39. The van der Waals surface area contributed by atoms with Crippen molar-refractivity contribution >= 4 is 8.32 Å². The van der Waals surface area contributed by atoms with Gasteiger partial charge in [-0.25, -0.2) is 0 Å². The van der Waals surface area contributed by atoms with Crippen LogP contribution in [0.4, 0.5) is 0 Å². The van der Waals surface area contributed by atoms with Crippen LogP contribution in [0, 0.1) is 5.92 Å². The molecule has 0 aromatic heterocycles. The van der Waals surface area contributed by atoms with Gasteiger partial charge in [0.15, 0.2) is 8.32 Å². The molecular weight excluding hydrogens is 529 g/mol. The van der Waals surface area contributed by atoms with Gasteiger partial charge in [0, 0.05) is 19.1 Å². The summed E-state index contributed by atoms with van der Waals surface area (Å²) in [5.74, 6) is 1.59. The van der Waals surface area contributed by atoms with Crippen molar-refractivity contribution in [3.8, 4) is 0 Å². The highest BCUT2D eigenvalue weighted by Gasteiger charge is 2.36. The molecule has 0 aliphatic carbocycles. The molecule has 3 rings (SSSR count). The summed E-state index contributed by atoms with van der Waals surface area (Å²) in [6.07, 6.45) is 8.23. The Hall–Kier alpha value is -2.20. The van der Waals surface area contributed by atoms with Crippen LogP contribution in [0.1, 0.15) is 114 Å². The molecule has 0 aliphatic rings. The molecule has 3 heteroatoms. The molecule has 0 spiro atoms. The van der Waals surface area contributed by atoms with Gasteiger partial charge in [-0.2, -0.15) is 0 Å². The maximum atomic E-state index is 6.32. The van der Waals surface area contributed by atoms with Gasteiger partial charge in [-0.05, 0) is 77.9 Å². The van der Waals surface area contributed by atoms with Crippen LogP contribution in [0.5, 0.6) is 0 Å². The average Bonchev–Trinajstić information content (AvgIpc) is 2.98. The molecule has 0 N–H and O–H groups in total. The molecule has 3 aromatic carbocycles. The normalized spacial score (nSPS) is 14.5.